The second kappa shape index (κ2) is 7.77. The van der Waals surface area contributed by atoms with Crippen LogP contribution < -0.4 is 0 Å². The largest absolute Gasteiger partial charge is 0.135 e. The summed E-state index contributed by atoms with van der Waals surface area (Å²) >= 11 is 1.67. The lowest BCUT2D eigenvalue weighted by Gasteiger charge is -2.02. The minimum Gasteiger partial charge on any atom is -0.135 e. The Balaban J connectivity index is 2.96. The fourth-order valence-corrected chi connectivity index (χ4v) is 2.16. The van der Waals surface area contributed by atoms with Gasteiger partial charge in [0.2, 0.25) is 0 Å². The molecule has 17 heavy (non-hydrogen) atoms. The Labute approximate surface area is 109 Å². The molecule has 0 fully saturated rings. The van der Waals surface area contributed by atoms with Gasteiger partial charge in [-0.2, -0.15) is 0 Å². The quantitative estimate of drug-likeness (QED) is 0.675. The summed E-state index contributed by atoms with van der Waals surface area (Å²) in [5, 5.41) is 2.04. The summed E-state index contributed by atoms with van der Waals surface area (Å²) in [5.74, 6) is 9.25. The van der Waals surface area contributed by atoms with E-state index in [1.807, 2.05) is 17.5 Å². The standard InChI is InChI=1S/C16H18S/c1-4-8-14(6-3)15(9-5-2)11-12-16-10-7-13-17-16/h3,7,10,13H,4-5,8-9H2,1-2H3/b15-14-. The summed E-state index contributed by atoms with van der Waals surface area (Å²) in [6.07, 6.45) is 9.68. The van der Waals surface area contributed by atoms with Gasteiger partial charge >= 0.3 is 0 Å². The average molecular weight is 242 g/mol. The number of allylic oxidation sites excluding steroid dienone is 2. The molecule has 1 aromatic heterocycles. The van der Waals surface area contributed by atoms with E-state index in [-0.39, 0.29) is 0 Å². The molecule has 0 saturated heterocycles. The van der Waals surface area contributed by atoms with E-state index in [2.05, 4.69) is 31.6 Å². The Kier molecular flexibility index (Phi) is 6.23. The van der Waals surface area contributed by atoms with Crippen molar-refractivity contribution in [3.05, 3.63) is 33.5 Å². The highest BCUT2D eigenvalue weighted by molar-refractivity contribution is 7.10. The highest BCUT2D eigenvalue weighted by atomic mass is 32.1. The van der Waals surface area contributed by atoms with Crippen LogP contribution in [0.25, 0.3) is 0 Å². The van der Waals surface area contributed by atoms with Crippen LogP contribution in [-0.2, 0) is 0 Å². The zero-order chi connectivity index (χ0) is 12.5. The first-order chi connectivity index (χ1) is 8.31. The molecule has 1 rings (SSSR count). The van der Waals surface area contributed by atoms with Gasteiger partial charge in [0.05, 0.1) is 4.88 Å². The number of hydrogen-bond donors (Lipinski definition) is 0. The van der Waals surface area contributed by atoms with E-state index >= 15 is 0 Å². The van der Waals surface area contributed by atoms with Gasteiger partial charge in [0.25, 0.3) is 0 Å². The molecule has 0 nitrogen and oxygen atoms in total. The molecule has 1 heteroatoms. The van der Waals surface area contributed by atoms with Crippen molar-refractivity contribution in [2.24, 2.45) is 0 Å². The van der Waals surface area contributed by atoms with Gasteiger partial charge in [-0.25, -0.2) is 0 Å². The lowest BCUT2D eigenvalue weighted by atomic mass is 10.0. The van der Waals surface area contributed by atoms with Crippen LogP contribution in [0, 0.1) is 24.2 Å². The molecule has 0 radical (unpaired) electrons. The summed E-state index contributed by atoms with van der Waals surface area (Å²) in [6.45, 7) is 4.31. The second-order valence-corrected chi connectivity index (χ2v) is 4.78. The Morgan fingerprint density at radius 2 is 1.94 bits per heavy atom. The molecule has 0 amide bonds. The average Bonchev–Trinajstić information content (AvgIpc) is 2.85. The summed E-state index contributed by atoms with van der Waals surface area (Å²) < 4.78 is 0. The summed E-state index contributed by atoms with van der Waals surface area (Å²) in [6, 6.07) is 4.06. The van der Waals surface area contributed by atoms with Crippen molar-refractivity contribution < 1.29 is 0 Å². The minimum absolute atomic E-state index is 0.963. The molecule has 0 aromatic carbocycles. The fraction of sp³-hybridized carbons (Fsp3) is 0.375. The van der Waals surface area contributed by atoms with Gasteiger partial charge in [-0.3, -0.25) is 0 Å². The van der Waals surface area contributed by atoms with E-state index in [0.717, 1.165) is 41.7 Å². The SMILES string of the molecule is C#C/C(CCC)=C(/C#Cc1cccs1)CCC. The first-order valence-electron chi connectivity index (χ1n) is 6.06. The first-order valence-corrected chi connectivity index (χ1v) is 6.93. The van der Waals surface area contributed by atoms with Gasteiger partial charge in [0.1, 0.15) is 0 Å². The maximum Gasteiger partial charge on any atom is 0.0772 e. The number of hydrogen-bond acceptors (Lipinski definition) is 1. The third-order valence-electron chi connectivity index (χ3n) is 2.40. The molecule has 0 unspecified atom stereocenters. The van der Waals surface area contributed by atoms with Crippen molar-refractivity contribution in [2.75, 3.05) is 0 Å². The van der Waals surface area contributed by atoms with Crippen molar-refractivity contribution in [3.8, 4) is 24.2 Å². The normalized spacial score (nSPS) is 11.1. The van der Waals surface area contributed by atoms with Crippen LogP contribution in [-0.4, -0.2) is 0 Å². The van der Waals surface area contributed by atoms with Crippen LogP contribution in [0.4, 0.5) is 0 Å². The predicted molar refractivity (Wildman–Crippen MR) is 76.9 cm³/mol. The molecular weight excluding hydrogens is 224 g/mol. The van der Waals surface area contributed by atoms with Crippen LogP contribution >= 0.6 is 11.3 Å². The molecule has 1 aromatic rings. The van der Waals surface area contributed by atoms with Gasteiger partial charge in [-0.05, 0) is 24.3 Å². The smallest absolute Gasteiger partial charge is 0.0772 e. The van der Waals surface area contributed by atoms with E-state index in [4.69, 9.17) is 6.42 Å². The number of terminal acetylenes is 1. The van der Waals surface area contributed by atoms with Crippen LogP contribution in [0.1, 0.15) is 44.4 Å². The molecule has 0 saturated carbocycles. The van der Waals surface area contributed by atoms with Crippen LogP contribution in [0.3, 0.4) is 0 Å². The van der Waals surface area contributed by atoms with Crippen LogP contribution in [0.5, 0.6) is 0 Å². The summed E-state index contributed by atoms with van der Waals surface area (Å²) in [5.41, 5.74) is 2.23. The summed E-state index contributed by atoms with van der Waals surface area (Å²) in [4.78, 5) is 1.10. The lowest BCUT2D eigenvalue weighted by Crippen LogP contribution is -1.88. The Morgan fingerprint density at radius 1 is 1.24 bits per heavy atom. The van der Waals surface area contributed by atoms with E-state index in [0.29, 0.717) is 0 Å². The maximum absolute atomic E-state index is 5.57. The molecular formula is C16H18S. The molecule has 0 N–H and O–H groups in total. The molecule has 1 heterocycles. The van der Waals surface area contributed by atoms with Crippen LogP contribution in [0.2, 0.25) is 0 Å². The van der Waals surface area contributed by atoms with E-state index in [1.165, 1.54) is 0 Å². The number of rotatable bonds is 4. The molecule has 0 aliphatic carbocycles. The van der Waals surface area contributed by atoms with Crippen molar-refractivity contribution in [3.63, 3.8) is 0 Å². The molecule has 88 valence electrons. The predicted octanol–water partition coefficient (Wildman–Crippen LogP) is 4.63. The third kappa shape index (κ3) is 4.51. The Hall–Kier alpha value is -1.44. The first kappa shape index (κ1) is 13.6. The second-order valence-electron chi connectivity index (χ2n) is 3.83. The van der Waals surface area contributed by atoms with E-state index in [1.54, 1.807) is 11.3 Å². The van der Waals surface area contributed by atoms with Crippen molar-refractivity contribution >= 4 is 11.3 Å². The number of thiophene rings is 1. The topological polar surface area (TPSA) is 0 Å². The van der Waals surface area contributed by atoms with Gasteiger partial charge in [0.15, 0.2) is 0 Å². The molecule has 0 bridgehead atoms. The fourth-order valence-electron chi connectivity index (χ4n) is 1.59. The Morgan fingerprint density at radius 3 is 2.47 bits per heavy atom. The lowest BCUT2D eigenvalue weighted by molar-refractivity contribution is 0.880. The van der Waals surface area contributed by atoms with Crippen molar-refractivity contribution in [1.82, 2.24) is 0 Å². The van der Waals surface area contributed by atoms with E-state index in [9.17, 15) is 0 Å². The van der Waals surface area contributed by atoms with Gasteiger partial charge in [0, 0.05) is 11.1 Å². The maximum atomic E-state index is 5.57. The minimum atomic E-state index is 0.963. The zero-order valence-electron chi connectivity index (χ0n) is 10.5. The monoisotopic (exact) mass is 242 g/mol. The Bertz CT molecular complexity index is 458. The molecule has 0 spiro atoms. The van der Waals surface area contributed by atoms with Crippen molar-refractivity contribution in [1.29, 1.82) is 0 Å². The zero-order valence-corrected chi connectivity index (χ0v) is 11.4. The molecule has 0 aliphatic heterocycles. The van der Waals surface area contributed by atoms with Gasteiger partial charge in [-0.15, -0.1) is 17.8 Å². The van der Waals surface area contributed by atoms with Gasteiger partial charge in [-0.1, -0.05) is 50.5 Å². The van der Waals surface area contributed by atoms with Crippen molar-refractivity contribution in [2.45, 2.75) is 39.5 Å². The molecule has 0 aliphatic rings. The highest BCUT2D eigenvalue weighted by Gasteiger charge is 2.00. The van der Waals surface area contributed by atoms with Gasteiger partial charge < -0.3 is 0 Å². The highest BCUT2D eigenvalue weighted by Crippen LogP contribution is 2.15. The van der Waals surface area contributed by atoms with Crippen LogP contribution in [0.15, 0.2) is 28.7 Å². The molecule has 0 atom stereocenters. The third-order valence-corrected chi connectivity index (χ3v) is 3.18. The van der Waals surface area contributed by atoms with E-state index < -0.39 is 0 Å². The summed E-state index contributed by atoms with van der Waals surface area (Å²) in [7, 11) is 0.